The Hall–Kier alpha value is -14.9. The summed E-state index contributed by atoms with van der Waals surface area (Å²) in [6, 6.07) is 55.2. The van der Waals surface area contributed by atoms with Crippen molar-refractivity contribution < 1.29 is 45.2 Å². The maximum atomic E-state index is 13.2. The Bertz CT molecular complexity index is 7020. The van der Waals surface area contributed by atoms with Gasteiger partial charge >= 0.3 is 6.09 Å². The highest BCUT2D eigenvalue weighted by Crippen LogP contribution is 2.36. The van der Waals surface area contributed by atoms with E-state index in [-0.39, 0.29) is 47.4 Å². The number of nitrogens with zero attached hydrogens (tertiary/aromatic N) is 17. The number of aromatic nitrogens is 15. The van der Waals surface area contributed by atoms with Crippen LogP contribution in [0.3, 0.4) is 0 Å². The van der Waals surface area contributed by atoms with Crippen LogP contribution in [0.25, 0.3) is 134 Å². The number of rotatable bonds is 13. The molecule has 3 saturated heterocycles. The molecule has 0 radical (unpaired) electrons. The van der Waals surface area contributed by atoms with Gasteiger partial charge in [0, 0.05) is 130 Å². The second kappa shape index (κ2) is 38.0. The van der Waals surface area contributed by atoms with Gasteiger partial charge in [0.15, 0.2) is 50.6 Å². The number of fused-ring (bicyclic) bond motifs is 4. The van der Waals surface area contributed by atoms with E-state index in [1.807, 2.05) is 191 Å². The Morgan fingerprint density at radius 2 is 0.800 bits per heavy atom. The number of para-hydroxylation sites is 1. The number of hydrogen-bond donors (Lipinski definition) is 8. The van der Waals surface area contributed by atoms with Crippen molar-refractivity contribution >= 4 is 112 Å². The lowest BCUT2D eigenvalue weighted by Crippen LogP contribution is -2.46. The molecule has 3 fully saturated rings. The van der Waals surface area contributed by atoms with Crippen LogP contribution in [-0.2, 0) is 14.6 Å². The van der Waals surface area contributed by atoms with Crippen molar-refractivity contribution in [2.24, 2.45) is 0 Å². The van der Waals surface area contributed by atoms with E-state index in [0.29, 0.717) is 141 Å². The van der Waals surface area contributed by atoms with Crippen molar-refractivity contribution in [2.45, 2.75) is 77.3 Å². The van der Waals surface area contributed by atoms with E-state index in [2.05, 4.69) is 84.1 Å². The standard InChI is InChI=1S/C29H33N7O3.C26H29N7O.C23H23N7O.C18H14N4O2S2.9H2/c1-18-6-11-21-22(16-18)34-26(33-21)24-25(30)31-17-23(32-24)19-7-9-20(10-8-19)27(37)35-12-5-13-36(15-14-35)28(38)39-29(2,3)4;1-16-4-9-20-21(14-16)31-25(30-20)23-24(27)28-15-22(29-23)17-5-7-18(8-6-17)26(34)33-12-10-19(11-13-33)32(2)3;1-14-2-7-17-18(12-14)29-22(28-17)20-21(24)26-13-19(27-20)15-3-5-16(6-4-15)23(31)30-10-8-25-9-11-30;1-26(23,24)12-8-6-11(7-9-12)14-10-20-17(19)16(21-14)18-22-13-4-2-3-5-15(13)25-18;;;;;;;;;/h6-11,16-17H,5,12-15H2,1-4H3,(H2,30,31)(H,33,34);4-9,14-15,19H,10-13H2,1-3H3,(H2,27,28)(H,30,31);2-7,12-13,25H,8-11H2,1H3,(H2,24,26)(H,28,29);2-10H,1H3,(H2,19,20);9*1H. The number of nitrogen functional groups attached to an aromatic ring is 4. The molecular weight excluding hydrogens is 1680 g/mol. The van der Waals surface area contributed by atoms with Crippen LogP contribution in [0.2, 0.25) is 0 Å². The third-order valence-electron chi connectivity index (χ3n) is 22.5. The molecule has 130 heavy (non-hydrogen) atoms. The van der Waals surface area contributed by atoms with Crippen LogP contribution < -0.4 is 28.3 Å². The van der Waals surface area contributed by atoms with Gasteiger partial charge in [-0.15, -0.1) is 11.3 Å². The molecule has 4 amide bonds. The van der Waals surface area contributed by atoms with Gasteiger partial charge in [0.05, 0.1) is 95.8 Å². The van der Waals surface area contributed by atoms with Crippen LogP contribution in [0.4, 0.5) is 28.1 Å². The zero-order chi connectivity index (χ0) is 91.2. The normalized spacial score (nSPS) is 13.9. The van der Waals surface area contributed by atoms with Crippen molar-refractivity contribution in [3.63, 3.8) is 0 Å². The molecule has 12 N–H and O–H groups in total. The molecular formula is C96H117N25O7S2. The average Bonchev–Trinajstić information content (AvgIpc) is 1.69. The van der Waals surface area contributed by atoms with Gasteiger partial charge in [-0.3, -0.25) is 14.4 Å². The lowest BCUT2D eigenvalue weighted by Gasteiger charge is -2.35. The van der Waals surface area contributed by atoms with Crippen molar-refractivity contribution in [3.8, 4) is 90.3 Å². The quantitative estimate of drug-likeness (QED) is 0.0531. The predicted molar refractivity (Wildman–Crippen MR) is 527 cm³/mol. The minimum absolute atomic E-state index is 0. The first-order valence-electron chi connectivity index (χ1n) is 42.6. The third-order valence-corrected chi connectivity index (χ3v) is 24.6. The average molecular weight is 1800 g/mol. The molecule has 16 aromatic rings. The van der Waals surface area contributed by atoms with Crippen LogP contribution >= 0.6 is 11.3 Å². The largest absolute Gasteiger partial charge is 0.444 e. The molecule has 8 aromatic heterocycles. The van der Waals surface area contributed by atoms with Gasteiger partial charge in [0.2, 0.25) is 0 Å². The molecule has 34 heteroatoms. The number of likely N-dealkylation sites (tertiary alicyclic amines) is 1. The molecule has 8 aromatic carbocycles. The zero-order valence-electron chi connectivity index (χ0n) is 73.4. The second-order valence-corrected chi connectivity index (χ2v) is 36.5. The summed E-state index contributed by atoms with van der Waals surface area (Å²) in [6.07, 6.45) is 9.99. The van der Waals surface area contributed by atoms with E-state index < -0.39 is 15.4 Å². The van der Waals surface area contributed by atoms with Gasteiger partial charge in [-0.05, 0) is 189 Å². The minimum Gasteiger partial charge on any atom is -0.444 e. The highest BCUT2D eigenvalue weighted by atomic mass is 32.2. The zero-order valence-corrected chi connectivity index (χ0v) is 75.0. The van der Waals surface area contributed by atoms with Crippen LogP contribution in [0.1, 0.15) is 101 Å². The number of nitrogens with two attached hydrogens (primary N) is 4. The highest BCUT2D eigenvalue weighted by molar-refractivity contribution is 7.90. The summed E-state index contributed by atoms with van der Waals surface area (Å²) < 4.78 is 29.7. The molecule has 32 nitrogen and oxygen atoms in total. The highest BCUT2D eigenvalue weighted by Gasteiger charge is 2.30. The number of piperazine rings is 1. The summed E-state index contributed by atoms with van der Waals surface area (Å²) in [6.45, 7) is 18.3. The van der Waals surface area contributed by atoms with Gasteiger partial charge in [0.1, 0.15) is 33.4 Å². The SMILES string of the molecule is CS(=O)(=O)c1ccc(-c2cnc(N)c(-c3nc4ccccc4s3)n2)cc1.Cc1ccc2nc(-c3nc(-c4ccc(C(=O)N5CCC(N(C)C)CC5)cc4)cnc3N)[nH]c2c1.Cc1ccc2nc(-c3nc(-c4ccc(C(=O)N5CCCN(C(=O)OC(C)(C)C)CC5)cc4)cnc3N)[nH]c2c1.Cc1ccc2nc(-c3nc(-c4ccc(C(=O)N5CCNCC5)cc4)cnc3N)[nH]c2c1.[HH].[HH].[HH].[HH].[HH].[HH].[HH].[HH].[HH]. The lowest BCUT2D eigenvalue weighted by atomic mass is 10.0. The molecule has 0 spiro atoms. The fraction of sp³-hybridized carbons (Fsp3) is 0.250. The summed E-state index contributed by atoms with van der Waals surface area (Å²) in [5.41, 5.74) is 43.2. The molecule has 0 saturated carbocycles. The molecule has 0 unspecified atom stereocenters. The number of ether oxygens (including phenoxy) is 1. The first-order valence-corrected chi connectivity index (χ1v) is 45.3. The van der Waals surface area contributed by atoms with E-state index in [9.17, 15) is 27.6 Å². The van der Waals surface area contributed by atoms with Crippen LogP contribution in [-0.4, -0.2) is 229 Å². The van der Waals surface area contributed by atoms with E-state index in [4.69, 9.17) is 42.6 Å². The van der Waals surface area contributed by atoms with Crippen molar-refractivity contribution in [3.05, 3.63) is 234 Å². The number of imidazole rings is 3. The molecule has 19 rings (SSSR count). The van der Waals surface area contributed by atoms with E-state index in [1.54, 1.807) is 71.0 Å². The van der Waals surface area contributed by atoms with Gasteiger partial charge in [-0.2, -0.15) is 0 Å². The number of aryl methyl sites for hydroxylation is 3. The molecule has 0 aliphatic carbocycles. The van der Waals surface area contributed by atoms with Crippen LogP contribution in [0.15, 0.2) is 206 Å². The van der Waals surface area contributed by atoms with Crippen molar-refractivity contribution in [1.82, 2.24) is 105 Å². The fourth-order valence-corrected chi connectivity index (χ4v) is 17.0. The van der Waals surface area contributed by atoms with Crippen molar-refractivity contribution in [2.75, 3.05) is 109 Å². The summed E-state index contributed by atoms with van der Waals surface area (Å²) in [5, 5.41) is 3.96. The number of hydrogen-bond acceptors (Lipinski definition) is 26. The first kappa shape index (κ1) is 88.6. The molecule has 11 heterocycles. The second-order valence-electron chi connectivity index (χ2n) is 33.4. The number of anilines is 4. The molecule has 680 valence electrons. The topological polar surface area (TPSA) is 446 Å². The summed E-state index contributed by atoms with van der Waals surface area (Å²) >= 11 is 1.50. The number of benzene rings is 8. The number of nitrogens with one attached hydrogen (secondary N) is 4. The van der Waals surface area contributed by atoms with Gasteiger partial charge in [-0.1, -0.05) is 78.9 Å². The summed E-state index contributed by atoms with van der Waals surface area (Å²) in [5.74, 6) is 2.98. The molecule has 3 aliphatic heterocycles. The predicted octanol–water partition coefficient (Wildman–Crippen LogP) is 16.6. The lowest BCUT2D eigenvalue weighted by molar-refractivity contribution is 0.0255. The molecule has 0 atom stereocenters. The van der Waals surface area contributed by atoms with Crippen molar-refractivity contribution in [1.29, 1.82) is 0 Å². The number of aromatic amines is 3. The smallest absolute Gasteiger partial charge is 0.410 e. The van der Waals surface area contributed by atoms with E-state index in [1.165, 1.54) is 17.6 Å². The Kier molecular flexibility index (Phi) is 25.9. The number of amides is 4. The monoisotopic (exact) mass is 1800 g/mol. The number of carbonyl (C=O) groups is 4. The maximum Gasteiger partial charge on any atom is 0.410 e. The Labute approximate surface area is 767 Å². The Morgan fingerprint density at radius 1 is 0.438 bits per heavy atom. The van der Waals surface area contributed by atoms with Crippen LogP contribution in [0.5, 0.6) is 0 Å². The maximum absolute atomic E-state index is 13.2. The van der Waals surface area contributed by atoms with Gasteiger partial charge < -0.3 is 72.4 Å². The van der Waals surface area contributed by atoms with E-state index >= 15 is 0 Å². The number of carbonyl (C=O) groups excluding carboxylic acids is 4. The Balaban J connectivity index is 0.000000249. The van der Waals surface area contributed by atoms with Gasteiger partial charge in [0.25, 0.3) is 17.7 Å². The summed E-state index contributed by atoms with van der Waals surface area (Å²) in [7, 11) is 0.959. The van der Waals surface area contributed by atoms with Gasteiger partial charge in [-0.25, -0.2) is 73.0 Å². The Morgan fingerprint density at radius 3 is 1.19 bits per heavy atom. The molecule has 3 aliphatic rings. The summed E-state index contributed by atoms with van der Waals surface area (Å²) in [4.78, 5) is 125. The van der Waals surface area contributed by atoms with E-state index in [0.717, 1.165) is 134 Å². The number of piperidine rings is 1. The third kappa shape index (κ3) is 20.5. The number of H-pyrrole nitrogens is 3. The fourth-order valence-electron chi connectivity index (χ4n) is 15.4. The number of sulfone groups is 1. The van der Waals surface area contributed by atoms with Crippen LogP contribution in [0, 0.1) is 20.8 Å². The number of thiazole rings is 1. The first-order chi connectivity index (χ1) is 62.4. The molecule has 0 bridgehead atoms. The minimum atomic E-state index is -3.24.